The zero-order valence-corrected chi connectivity index (χ0v) is 13.4. The van der Waals surface area contributed by atoms with E-state index in [0.717, 1.165) is 48.7 Å². The Morgan fingerprint density at radius 3 is 2.52 bits per heavy atom. The molecule has 114 valence electrons. The highest BCUT2D eigenvalue weighted by Gasteiger charge is 2.10. The Bertz CT molecular complexity index is 599. The third-order valence-electron chi connectivity index (χ3n) is 3.33. The molecule has 0 spiro atoms. The lowest BCUT2D eigenvalue weighted by Crippen LogP contribution is -2.07. The molecule has 0 fully saturated rings. The van der Waals surface area contributed by atoms with Crippen LogP contribution in [0.4, 0.5) is 0 Å². The Kier molecular flexibility index (Phi) is 5.44. The van der Waals surface area contributed by atoms with Gasteiger partial charge in [-0.1, -0.05) is 13.0 Å². The van der Waals surface area contributed by atoms with Crippen molar-refractivity contribution in [1.82, 2.24) is 14.8 Å². The Balaban J connectivity index is 2.11. The lowest BCUT2D eigenvalue weighted by atomic mass is 10.1. The number of benzene rings is 1. The van der Waals surface area contributed by atoms with E-state index in [2.05, 4.69) is 17.1 Å². The summed E-state index contributed by atoms with van der Waals surface area (Å²) in [5, 5.41) is 8.50. The topological polar surface area (TPSA) is 49.2 Å². The second-order valence-corrected chi connectivity index (χ2v) is 5.06. The monoisotopic (exact) mass is 309 g/mol. The van der Waals surface area contributed by atoms with E-state index in [1.165, 1.54) is 0 Å². The van der Waals surface area contributed by atoms with Gasteiger partial charge in [-0.25, -0.2) is 0 Å². The minimum Gasteiger partial charge on any atom is -0.493 e. The highest BCUT2D eigenvalue weighted by atomic mass is 35.5. The van der Waals surface area contributed by atoms with Crippen LogP contribution in [0.1, 0.15) is 24.7 Å². The van der Waals surface area contributed by atoms with Gasteiger partial charge in [0.15, 0.2) is 11.5 Å². The molecule has 0 aliphatic carbocycles. The maximum absolute atomic E-state index is 6.10. The third kappa shape index (κ3) is 3.67. The van der Waals surface area contributed by atoms with Crippen LogP contribution in [0.5, 0.6) is 11.5 Å². The zero-order valence-electron chi connectivity index (χ0n) is 12.6. The smallest absolute Gasteiger partial charge is 0.225 e. The molecule has 0 amide bonds. The molecule has 0 N–H and O–H groups in total. The predicted octanol–water partition coefficient (Wildman–Crippen LogP) is 3.14. The molecule has 6 heteroatoms. The standard InChI is InChI=1S/C15H20ClN3O2/c1-4-5-14-17-18-15(16)19(14)9-8-11-6-7-12(20-2)13(10-11)21-3/h6-7,10H,4-5,8-9H2,1-3H3. The molecule has 1 aromatic heterocycles. The van der Waals surface area contributed by atoms with E-state index in [1.807, 2.05) is 22.8 Å². The lowest BCUT2D eigenvalue weighted by molar-refractivity contribution is 0.354. The van der Waals surface area contributed by atoms with E-state index in [9.17, 15) is 0 Å². The first-order valence-corrected chi connectivity index (χ1v) is 7.35. The molecular formula is C15H20ClN3O2. The number of rotatable bonds is 7. The van der Waals surface area contributed by atoms with Crippen LogP contribution in [-0.2, 0) is 19.4 Å². The molecule has 2 rings (SSSR count). The van der Waals surface area contributed by atoms with Crippen LogP contribution < -0.4 is 9.47 Å². The Morgan fingerprint density at radius 1 is 1.10 bits per heavy atom. The van der Waals surface area contributed by atoms with Gasteiger partial charge in [-0.15, -0.1) is 10.2 Å². The summed E-state index contributed by atoms with van der Waals surface area (Å²) in [5.41, 5.74) is 1.15. The van der Waals surface area contributed by atoms with Crippen LogP contribution in [-0.4, -0.2) is 29.0 Å². The van der Waals surface area contributed by atoms with Crippen molar-refractivity contribution >= 4 is 11.6 Å². The van der Waals surface area contributed by atoms with Gasteiger partial charge in [0.1, 0.15) is 5.82 Å². The van der Waals surface area contributed by atoms with E-state index in [0.29, 0.717) is 5.28 Å². The first-order chi connectivity index (χ1) is 10.2. The summed E-state index contributed by atoms with van der Waals surface area (Å²) in [4.78, 5) is 0. The lowest BCUT2D eigenvalue weighted by Gasteiger charge is -2.11. The van der Waals surface area contributed by atoms with Crippen LogP contribution in [0, 0.1) is 0 Å². The molecule has 1 heterocycles. The van der Waals surface area contributed by atoms with E-state index >= 15 is 0 Å². The molecule has 0 unspecified atom stereocenters. The zero-order chi connectivity index (χ0) is 15.2. The van der Waals surface area contributed by atoms with Crippen LogP contribution >= 0.6 is 11.6 Å². The maximum atomic E-state index is 6.10. The van der Waals surface area contributed by atoms with Gasteiger partial charge in [0.2, 0.25) is 5.28 Å². The van der Waals surface area contributed by atoms with Gasteiger partial charge in [-0.05, 0) is 42.1 Å². The summed E-state index contributed by atoms with van der Waals surface area (Å²) in [7, 11) is 3.27. The van der Waals surface area contributed by atoms with Crippen molar-refractivity contribution < 1.29 is 9.47 Å². The van der Waals surface area contributed by atoms with Crippen LogP contribution in [0.25, 0.3) is 0 Å². The van der Waals surface area contributed by atoms with E-state index < -0.39 is 0 Å². The maximum Gasteiger partial charge on any atom is 0.225 e. The summed E-state index contributed by atoms with van der Waals surface area (Å²) in [5.74, 6) is 2.40. The SMILES string of the molecule is CCCc1nnc(Cl)n1CCc1ccc(OC)c(OC)c1. The van der Waals surface area contributed by atoms with Crippen LogP contribution in [0.3, 0.4) is 0 Å². The van der Waals surface area contributed by atoms with E-state index in [-0.39, 0.29) is 0 Å². The molecule has 2 aromatic rings. The van der Waals surface area contributed by atoms with Gasteiger partial charge < -0.3 is 14.0 Å². The van der Waals surface area contributed by atoms with Crippen molar-refractivity contribution in [3.8, 4) is 11.5 Å². The molecule has 0 saturated carbocycles. The molecule has 0 saturated heterocycles. The summed E-state index contributed by atoms with van der Waals surface area (Å²) < 4.78 is 12.5. The number of hydrogen-bond donors (Lipinski definition) is 0. The number of nitrogens with zero attached hydrogens (tertiary/aromatic N) is 3. The minimum absolute atomic E-state index is 0.443. The Hall–Kier alpha value is -1.75. The van der Waals surface area contributed by atoms with Crippen molar-refractivity contribution in [2.75, 3.05) is 14.2 Å². The molecule has 0 aliphatic rings. The van der Waals surface area contributed by atoms with Gasteiger partial charge in [-0.3, -0.25) is 0 Å². The van der Waals surface area contributed by atoms with Crippen molar-refractivity contribution in [1.29, 1.82) is 0 Å². The van der Waals surface area contributed by atoms with Crippen molar-refractivity contribution in [2.45, 2.75) is 32.7 Å². The summed E-state index contributed by atoms with van der Waals surface area (Å²) in [6.07, 6.45) is 2.73. The fourth-order valence-electron chi connectivity index (χ4n) is 2.22. The average molecular weight is 310 g/mol. The van der Waals surface area contributed by atoms with Gasteiger partial charge in [-0.2, -0.15) is 0 Å². The second-order valence-electron chi connectivity index (χ2n) is 4.73. The highest BCUT2D eigenvalue weighted by Crippen LogP contribution is 2.28. The fourth-order valence-corrected chi connectivity index (χ4v) is 2.44. The second kappa shape index (κ2) is 7.31. The Morgan fingerprint density at radius 2 is 1.86 bits per heavy atom. The van der Waals surface area contributed by atoms with Gasteiger partial charge in [0.05, 0.1) is 14.2 Å². The van der Waals surface area contributed by atoms with Gasteiger partial charge in [0.25, 0.3) is 0 Å². The molecule has 0 radical (unpaired) electrons. The minimum atomic E-state index is 0.443. The molecule has 0 bridgehead atoms. The predicted molar refractivity (Wildman–Crippen MR) is 82.3 cm³/mol. The quantitative estimate of drug-likeness (QED) is 0.788. The number of methoxy groups -OCH3 is 2. The highest BCUT2D eigenvalue weighted by molar-refractivity contribution is 6.28. The summed E-state index contributed by atoms with van der Waals surface area (Å²) >= 11 is 6.10. The third-order valence-corrected chi connectivity index (χ3v) is 3.61. The summed E-state index contributed by atoms with van der Waals surface area (Å²) in [6, 6.07) is 5.92. The molecule has 21 heavy (non-hydrogen) atoms. The van der Waals surface area contributed by atoms with Crippen LogP contribution in [0.15, 0.2) is 18.2 Å². The Labute approximate surface area is 129 Å². The number of aromatic nitrogens is 3. The molecule has 1 aromatic carbocycles. The normalized spacial score (nSPS) is 10.7. The first kappa shape index (κ1) is 15.6. The number of ether oxygens (including phenoxy) is 2. The number of aryl methyl sites for hydroxylation is 2. The number of halogens is 1. The first-order valence-electron chi connectivity index (χ1n) is 6.98. The molecular weight excluding hydrogens is 290 g/mol. The van der Waals surface area contributed by atoms with E-state index in [1.54, 1.807) is 14.2 Å². The molecule has 5 nitrogen and oxygen atoms in total. The molecule has 0 aliphatic heterocycles. The van der Waals surface area contributed by atoms with Crippen molar-refractivity contribution in [3.05, 3.63) is 34.9 Å². The van der Waals surface area contributed by atoms with Gasteiger partial charge >= 0.3 is 0 Å². The molecule has 0 atom stereocenters. The fraction of sp³-hybridized carbons (Fsp3) is 0.467. The van der Waals surface area contributed by atoms with Crippen molar-refractivity contribution in [2.24, 2.45) is 0 Å². The van der Waals surface area contributed by atoms with Crippen molar-refractivity contribution in [3.63, 3.8) is 0 Å². The van der Waals surface area contributed by atoms with Gasteiger partial charge in [0, 0.05) is 13.0 Å². The van der Waals surface area contributed by atoms with E-state index in [4.69, 9.17) is 21.1 Å². The number of hydrogen-bond acceptors (Lipinski definition) is 4. The average Bonchev–Trinajstić information content (AvgIpc) is 2.85. The summed E-state index contributed by atoms with van der Waals surface area (Å²) in [6.45, 7) is 2.86. The largest absolute Gasteiger partial charge is 0.493 e. The van der Waals surface area contributed by atoms with Crippen LogP contribution in [0.2, 0.25) is 5.28 Å².